The highest BCUT2D eigenvalue weighted by atomic mass is 14.9. The van der Waals surface area contributed by atoms with Gasteiger partial charge in [0.25, 0.3) is 0 Å². The van der Waals surface area contributed by atoms with Crippen molar-refractivity contribution in [3.63, 3.8) is 0 Å². The minimum absolute atomic E-state index is 0.436. The molecule has 0 fully saturated rings. The second-order valence-electron chi connectivity index (χ2n) is 5.45. The number of benzene rings is 2. The lowest BCUT2D eigenvalue weighted by Gasteiger charge is -2.14. The molecule has 1 N–H and O–H groups in total. The normalized spacial score (nSPS) is 11.8. The maximum Gasteiger partial charge on any atom is 0.0669 e. The van der Waals surface area contributed by atoms with Crippen molar-refractivity contribution >= 4 is 0 Å². The topological polar surface area (TPSA) is 35.8 Å². The van der Waals surface area contributed by atoms with E-state index in [0.717, 1.165) is 24.9 Å². The molecule has 0 aromatic heterocycles. The summed E-state index contributed by atoms with van der Waals surface area (Å²) in [7, 11) is 0. The molecule has 2 heteroatoms. The first-order valence-electron chi connectivity index (χ1n) is 7.50. The summed E-state index contributed by atoms with van der Waals surface area (Å²) in [5, 5.41) is 12.3. The zero-order valence-corrected chi connectivity index (χ0v) is 12.5. The van der Waals surface area contributed by atoms with Gasteiger partial charge in [0.15, 0.2) is 0 Å². The molecule has 0 aliphatic heterocycles. The first-order valence-corrected chi connectivity index (χ1v) is 7.50. The Morgan fingerprint density at radius 2 is 1.71 bits per heavy atom. The van der Waals surface area contributed by atoms with E-state index in [-0.39, 0.29) is 0 Å². The maximum absolute atomic E-state index is 8.75. The van der Waals surface area contributed by atoms with Crippen LogP contribution in [0.1, 0.15) is 23.6 Å². The number of hydrogen-bond acceptors (Lipinski definition) is 2. The van der Waals surface area contributed by atoms with Gasteiger partial charge in [0, 0.05) is 6.04 Å². The number of nitrogens with zero attached hydrogens (tertiary/aromatic N) is 1. The number of hydrogen-bond donors (Lipinski definition) is 1. The molecular formula is C19H22N2. The number of nitrogens with one attached hydrogen (secondary N) is 1. The highest BCUT2D eigenvalue weighted by Crippen LogP contribution is 2.08. The van der Waals surface area contributed by atoms with Crippen LogP contribution in [0.15, 0.2) is 54.6 Å². The van der Waals surface area contributed by atoms with E-state index >= 15 is 0 Å². The van der Waals surface area contributed by atoms with Gasteiger partial charge in [0.2, 0.25) is 0 Å². The average molecular weight is 278 g/mol. The van der Waals surface area contributed by atoms with Crippen LogP contribution in [0.5, 0.6) is 0 Å². The van der Waals surface area contributed by atoms with Crippen molar-refractivity contribution in [1.29, 1.82) is 5.26 Å². The van der Waals surface area contributed by atoms with Gasteiger partial charge in [0.05, 0.1) is 12.5 Å². The molecule has 1 unspecified atom stereocenters. The van der Waals surface area contributed by atoms with Crippen molar-refractivity contribution in [1.82, 2.24) is 5.32 Å². The summed E-state index contributed by atoms with van der Waals surface area (Å²) in [6.45, 7) is 3.20. The SMILES string of the molecule is CC(Cc1cccc(CC#N)c1)NCCc1ccccc1. The Hall–Kier alpha value is -2.11. The van der Waals surface area contributed by atoms with Crippen LogP contribution in [0.3, 0.4) is 0 Å². The molecular weight excluding hydrogens is 256 g/mol. The summed E-state index contributed by atoms with van der Waals surface area (Å²) < 4.78 is 0. The third-order valence-corrected chi connectivity index (χ3v) is 3.57. The van der Waals surface area contributed by atoms with E-state index in [0.29, 0.717) is 12.5 Å². The summed E-state index contributed by atoms with van der Waals surface area (Å²) in [4.78, 5) is 0. The molecule has 0 radical (unpaired) electrons. The zero-order chi connectivity index (χ0) is 14.9. The van der Waals surface area contributed by atoms with Crippen molar-refractivity contribution < 1.29 is 0 Å². The van der Waals surface area contributed by atoms with Crippen LogP contribution in [0.2, 0.25) is 0 Å². The summed E-state index contributed by atoms with van der Waals surface area (Å²) >= 11 is 0. The monoisotopic (exact) mass is 278 g/mol. The van der Waals surface area contributed by atoms with Crippen molar-refractivity contribution in [2.24, 2.45) is 0 Å². The second-order valence-corrected chi connectivity index (χ2v) is 5.45. The standard InChI is InChI=1S/C19H22N2/c1-16(21-13-11-17-6-3-2-4-7-17)14-19-9-5-8-18(15-19)10-12-20/h2-9,15-16,21H,10-11,13-14H2,1H3. The Bertz CT molecular complexity index is 584. The quantitative estimate of drug-likeness (QED) is 0.841. The molecule has 0 saturated carbocycles. The van der Waals surface area contributed by atoms with Gasteiger partial charge in [-0.05, 0) is 43.0 Å². The van der Waals surface area contributed by atoms with E-state index in [1.165, 1.54) is 11.1 Å². The van der Waals surface area contributed by atoms with Gasteiger partial charge in [-0.1, -0.05) is 54.6 Å². The van der Waals surface area contributed by atoms with Gasteiger partial charge in [-0.3, -0.25) is 0 Å². The minimum Gasteiger partial charge on any atom is -0.314 e. The van der Waals surface area contributed by atoms with Crippen LogP contribution in [0.4, 0.5) is 0 Å². The Morgan fingerprint density at radius 3 is 2.48 bits per heavy atom. The van der Waals surface area contributed by atoms with Crippen molar-refractivity contribution in [2.45, 2.75) is 32.2 Å². The molecule has 0 aliphatic rings. The molecule has 2 aromatic carbocycles. The molecule has 2 nitrogen and oxygen atoms in total. The van der Waals surface area contributed by atoms with Crippen LogP contribution in [-0.2, 0) is 19.3 Å². The molecule has 0 aliphatic carbocycles. The molecule has 2 rings (SSSR count). The molecule has 0 bridgehead atoms. The fourth-order valence-corrected chi connectivity index (χ4v) is 2.49. The third-order valence-electron chi connectivity index (χ3n) is 3.57. The molecule has 0 saturated heterocycles. The second kappa shape index (κ2) is 8.24. The molecule has 0 heterocycles. The minimum atomic E-state index is 0.436. The summed E-state index contributed by atoms with van der Waals surface area (Å²) in [5.74, 6) is 0. The van der Waals surface area contributed by atoms with E-state index in [1.54, 1.807) is 0 Å². The largest absolute Gasteiger partial charge is 0.314 e. The Labute approximate surface area is 127 Å². The first kappa shape index (κ1) is 15.3. The summed E-state index contributed by atoms with van der Waals surface area (Å²) in [6, 6.07) is 21.5. The molecule has 1 atom stereocenters. The Kier molecular flexibility index (Phi) is 5.99. The Morgan fingerprint density at radius 1 is 1.00 bits per heavy atom. The van der Waals surface area contributed by atoms with Gasteiger partial charge in [0.1, 0.15) is 0 Å². The smallest absolute Gasteiger partial charge is 0.0669 e. The fraction of sp³-hybridized carbons (Fsp3) is 0.316. The van der Waals surface area contributed by atoms with Crippen LogP contribution < -0.4 is 5.32 Å². The van der Waals surface area contributed by atoms with Gasteiger partial charge < -0.3 is 5.32 Å². The maximum atomic E-state index is 8.75. The zero-order valence-electron chi connectivity index (χ0n) is 12.5. The summed E-state index contributed by atoms with van der Waals surface area (Å²) in [5.41, 5.74) is 3.77. The van der Waals surface area contributed by atoms with Gasteiger partial charge in [-0.25, -0.2) is 0 Å². The van der Waals surface area contributed by atoms with Crippen molar-refractivity contribution in [3.8, 4) is 6.07 Å². The van der Waals surface area contributed by atoms with E-state index in [1.807, 2.05) is 18.2 Å². The van der Waals surface area contributed by atoms with Crippen LogP contribution in [0, 0.1) is 11.3 Å². The van der Waals surface area contributed by atoms with Crippen molar-refractivity contribution in [2.75, 3.05) is 6.54 Å². The summed E-state index contributed by atoms with van der Waals surface area (Å²) in [6.07, 6.45) is 2.54. The predicted octanol–water partition coefficient (Wildman–Crippen LogP) is 3.52. The van der Waals surface area contributed by atoms with E-state index in [4.69, 9.17) is 5.26 Å². The Balaban J connectivity index is 1.78. The molecule has 0 spiro atoms. The van der Waals surface area contributed by atoms with Crippen molar-refractivity contribution in [3.05, 3.63) is 71.3 Å². The number of rotatable bonds is 7. The van der Waals surface area contributed by atoms with Crippen LogP contribution in [-0.4, -0.2) is 12.6 Å². The molecule has 21 heavy (non-hydrogen) atoms. The van der Waals surface area contributed by atoms with Crippen LogP contribution >= 0.6 is 0 Å². The van der Waals surface area contributed by atoms with Crippen LogP contribution in [0.25, 0.3) is 0 Å². The predicted molar refractivity (Wildman–Crippen MR) is 87.1 cm³/mol. The van der Waals surface area contributed by atoms with E-state index in [2.05, 4.69) is 54.7 Å². The molecule has 2 aromatic rings. The lowest BCUT2D eigenvalue weighted by atomic mass is 10.0. The number of nitriles is 1. The van der Waals surface area contributed by atoms with Gasteiger partial charge in [-0.15, -0.1) is 0 Å². The van der Waals surface area contributed by atoms with E-state index in [9.17, 15) is 0 Å². The van der Waals surface area contributed by atoms with E-state index < -0.39 is 0 Å². The fourth-order valence-electron chi connectivity index (χ4n) is 2.49. The van der Waals surface area contributed by atoms with Gasteiger partial charge in [-0.2, -0.15) is 5.26 Å². The first-order chi connectivity index (χ1) is 10.3. The molecule has 108 valence electrons. The molecule has 0 amide bonds. The lowest BCUT2D eigenvalue weighted by molar-refractivity contribution is 0.548. The lowest BCUT2D eigenvalue weighted by Crippen LogP contribution is -2.30. The highest BCUT2D eigenvalue weighted by molar-refractivity contribution is 5.26. The highest BCUT2D eigenvalue weighted by Gasteiger charge is 2.04. The van der Waals surface area contributed by atoms with Gasteiger partial charge >= 0.3 is 0 Å². The average Bonchev–Trinajstić information content (AvgIpc) is 2.49. The third kappa shape index (κ3) is 5.41.